The Morgan fingerprint density at radius 1 is 1.08 bits per heavy atom. The molecular formula is C19H22N2O4. The van der Waals surface area contributed by atoms with Crippen LogP contribution < -0.4 is 15.4 Å². The molecule has 0 heterocycles. The first kappa shape index (κ1) is 18.3. The molecule has 6 nitrogen and oxygen atoms in total. The monoisotopic (exact) mass is 342 g/mol. The first-order valence-electron chi connectivity index (χ1n) is 8.08. The second kappa shape index (κ2) is 8.73. The van der Waals surface area contributed by atoms with Crippen LogP contribution in [0.5, 0.6) is 5.75 Å². The summed E-state index contributed by atoms with van der Waals surface area (Å²) in [4.78, 5) is 22.9. The summed E-state index contributed by atoms with van der Waals surface area (Å²) in [6, 6.07) is 13.9. The number of hydrogen-bond acceptors (Lipinski definition) is 3. The van der Waals surface area contributed by atoms with Gasteiger partial charge in [0.2, 0.25) is 0 Å². The van der Waals surface area contributed by atoms with E-state index in [2.05, 4.69) is 10.6 Å². The Morgan fingerprint density at radius 3 is 2.56 bits per heavy atom. The van der Waals surface area contributed by atoms with Crippen LogP contribution in [0.25, 0.3) is 0 Å². The highest BCUT2D eigenvalue weighted by Crippen LogP contribution is 2.25. The summed E-state index contributed by atoms with van der Waals surface area (Å²) in [6.07, 6.45) is 0.463. The molecule has 0 aromatic heterocycles. The summed E-state index contributed by atoms with van der Waals surface area (Å²) in [7, 11) is 0. The van der Waals surface area contributed by atoms with Gasteiger partial charge in [0.1, 0.15) is 5.75 Å². The minimum absolute atomic E-state index is 0.00284. The van der Waals surface area contributed by atoms with Crippen molar-refractivity contribution in [3.05, 3.63) is 54.1 Å². The predicted octanol–water partition coefficient (Wildman–Crippen LogP) is 4.14. The number of carbonyl (C=O) groups is 2. The Kier molecular flexibility index (Phi) is 6.39. The van der Waals surface area contributed by atoms with Gasteiger partial charge < -0.3 is 20.5 Å². The number of anilines is 2. The lowest BCUT2D eigenvalue weighted by Crippen LogP contribution is -2.20. The van der Waals surface area contributed by atoms with E-state index >= 15 is 0 Å². The van der Waals surface area contributed by atoms with Crippen LogP contribution in [0.15, 0.2) is 48.5 Å². The largest absolute Gasteiger partial charge is 0.489 e. The lowest BCUT2D eigenvalue weighted by atomic mass is 10.1. The predicted molar refractivity (Wildman–Crippen MR) is 97.2 cm³/mol. The van der Waals surface area contributed by atoms with Gasteiger partial charge in [-0.3, -0.25) is 4.79 Å². The fraction of sp³-hybridized carbons (Fsp3) is 0.263. The molecule has 2 amide bonds. The third kappa shape index (κ3) is 6.18. The molecule has 132 valence electrons. The zero-order valence-electron chi connectivity index (χ0n) is 14.3. The van der Waals surface area contributed by atoms with Gasteiger partial charge in [0.05, 0.1) is 11.8 Å². The average Bonchev–Trinajstić information content (AvgIpc) is 2.54. The van der Waals surface area contributed by atoms with E-state index in [1.165, 1.54) is 0 Å². The Labute approximate surface area is 146 Å². The number of rotatable bonds is 7. The second-order valence-corrected chi connectivity index (χ2v) is 5.84. The highest BCUT2D eigenvalue weighted by Gasteiger charge is 2.09. The normalized spacial score (nSPS) is 10.4. The number of nitrogens with one attached hydrogen (secondary N) is 2. The Bertz CT molecular complexity index is 744. The number of carbonyl (C=O) groups excluding carboxylic acids is 1. The number of aliphatic carboxylic acids is 1. The molecular weight excluding hydrogens is 320 g/mol. The Hall–Kier alpha value is -3.02. The van der Waals surface area contributed by atoms with Gasteiger partial charge in [-0.15, -0.1) is 0 Å². The number of hydrogen-bond donors (Lipinski definition) is 3. The third-order valence-electron chi connectivity index (χ3n) is 3.31. The first-order valence-corrected chi connectivity index (χ1v) is 8.08. The molecule has 0 fully saturated rings. The van der Waals surface area contributed by atoms with Crippen LogP contribution in [0.2, 0.25) is 0 Å². The maximum atomic E-state index is 12.2. The van der Waals surface area contributed by atoms with E-state index in [0.717, 1.165) is 5.56 Å². The zero-order valence-corrected chi connectivity index (χ0v) is 14.3. The van der Waals surface area contributed by atoms with Crippen LogP contribution in [0, 0.1) is 0 Å². The molecule has 0 spiro atoms. The van der Waals surface area contributed by atoms with Crippen molar-refractivity contribution in [1.29, 1.82) is 0 Å². The van der Waals surface area contributed by atoms with Crippen molar-refractivity contribution < 1.29 is 19.4 Å². The molecule has 0 radical (unpaired) electrons. The number of amides is 2. The van der Waals surface area contributed by atoms with Crippen LogP contribution >= 0.6 is 0 Å². The lowest BCUT2D eigenvalue weighted by Gasteiger charge is -2.15. The van der Waals surface area contributed by atoms with Crippen molar-refractivity contribution >= 4 is 23.4 Å². The summed E-state index contributed by atoms with van der Waals surface area (Å²) < 4.78 is 5.67. The molecule has 0 aliphatic heterocycles. The van der Waals surface area contributed by atoms with E-state index in [1.807, 2.05) is 32.0 Å². The van der Waals surface area contributed by atoms with E-state index in [4.69, 9.17) is 9.84 Å². The summed E-state index contributed by atoms with van der Waals surface area (Å²) in [5, 5.41) is 14.3. The summed E-state index contributed by atoms with van der Waals surface area (Å²) >= 11 is 0. The number of ether oxygens (including phenoxy) is 1. The number of carboxylic acids is 1. The van der Waals surface area contributed by atoms with E-state index in [1.54, 1.807) is 30.3 Å². The van der Waals surface area contributed by atoms with Crippen molar-refractivity contribution in [2.75, 3.05) is 10.6 Å². The molecule has 0 aliphatic rings. The van der Waals surface area contributed by atoms with Crippen molar-refractivity contribution in [3.8, 4) is 5.75 Å². The van der Waals surface area contributed by atoms with Gasteiger partial charge in [0.25, 0.3) is 0 Å². The quantitative estimate of drug-likeness (QED) is 0.706. The van der Waals surface area contributed by atoms with E-state index in [-0.39, 0.29) is 12.5 Å². The molecule has 3 N–H and O–H groups in total. The number of para-hydroxylation sites is 2. The van der Waals surface area contributed by atoms with Gasteiger partial charge in [0, 0.05) is 12.1 Å². The van der Waals surface area contributed by atoms with Crippen LogP contribution in [0.4, 0.5) is 16.2 Å². The third-order valence-corrected chi connectivity index (χ3v) is 3.31. The molecule has 2 aromatic rings. The first-order chi connectivity index (χ1) is 11.9. The molecule has 0 unspecified atom stereocenters. The Morgan fingerprint density at radius 2 is 1.84 bits per heavy atom. The summed E-state index contributed by atoms with van der Waals surface area (Å²) in [5.41, 5.74) is 2.03. The van der Waals surface area contributed by atoms with Crippen LogP contribution in [-0.2, 0) is 11.2 Å². The minimum Gasteiger partial charge on any atom is -0.489 e. The fourth-order valence-electron chi connectivity index (χ4n) is 2.27. The molecule has 2 rings (SSSR count). The van der Waals surface area contributed by atoms with Gasteiger partial charge in [-0.1, -0.05) is 24.3 Å². The van der Waals surface area contributed by atoms with E-state index in [9.17, 15) is 9.59 Å². The lowest BCUT2D eigenvalue weighted by molar-refractivity contribution is -0.136. The van der Waals surface area contributed by atoms with Crippen molar-refractivity contribution in [2.24, 2.45) is 0 Å². The molecule has 25 heavy (non-hydrogen) atoms. The standard InChI is InChI=1S/C19H22N2O4/c1-13(2)25-17-9-4-3-8-16(17)21-19(24)20-15-7-5-6-14(12-15)10-11-18(22)23/h3-9,12-13H,10-11H2,1-2H3,(H,22,23)(H2,20,21,24). The van der Waals surface area contributed by atoms with Crippen LogP contribution in [-0.4, -0.2) is 23.2 Å². The molecule has 0 aliphatic carbocycles. The maximum absolute atomic E-state index is 12.2. The Balaban J connectivity index is 2.01. The van der Waals surface area contributed by atoms with Crippen molar-refractivity contribution in [3.63, 3.8) is 0 Å². The van der Waals surface area contributed by atoms with Crippen molar-refractivity contribution in [1.82, 2.24) is 0 Å². The molecule has 0 bridgehead atoms. The minimum atomic E-state index is -0.849. The second-order valence-electron chi connectivity index (χ2n) is 5.84. The van der Waals surface area contributed by atoms with Gasteiger partial charge in [-0.05, 0) is 50.1 Å². The number of urea groups is 1. The number of carboxylic acid groups (broad SMARTS) is 1. The topological polar surface area (TPSA) is 87.7 Å². The van der Waals surface area contributed by atoms with Gasteiger partial charge in [-0.2, -0.15) is 0 Å². The summed E-state index contributed by atoms with van der Waals surface area (Å²) in [6.45, 7) is 3.83. The van der Waals surface area contributed by atoms with Gasteiger partial charge in [0.15, 0.2) is 0 Å². The highest BCUT2D eigenvalue weighted by atomic mass is 16.5. The fourth-order valence-corrected chi connectivity index (χ4v) is 2.27. The van der Waals surface area contributed by atoms with E-state index < -0.39 is 12.0 Å². The summed E-state index contributed by atoms with van der Waals surface area (Å²) in [5.74, 6) is -0.249. The van der Waals surface area contributed by atoms with Crippen LogP contribution in [0.3, 0.4) is 0 Å². The van der Waals surface area contributed by atoms with Crippen molar-refractivity contribution in [2.45, 2.75) is 32.8 Å². The maximum Gasteiger partial charge on any atom is 0.323 e. The molecule has 0 saturated carbocycles. The molecule has 2 aromatic carbocycles. The SMILES string of the molecule is CC(C)Oc1ccccc1NC(=O)Nc1cccc(CCC(=O)O)c1. The number of aryl methyl sites for hydroxylation is 1. The smallest absolute Gasteiger partial charge is 0.323 e. The molecule has 0 saturated heterocycles. The number of benzene rings is 2. The van der Waals surface area contributed by atoms with E-state index in [0.29, 0.717) is 23.5 Å². The van der Waals surface area contributed by atoms with Gasteiger partial charge >= 0.3 is 12.0 Å². The van der Waals surface area contributed by atoms with Gasteiger partial charge in [-0.25, -0.2) is 4.79 Å². The van der Waals surface area contributed by atoms with Crippen LogP contribution in [0.1, 0.15) is 25.8 Å². The zero-order chi connectivity index (χ0) is 18.2. The average molecular weight is 342 g/mol. The molecule has 6 heteroatoms. The highest BCUT2D eigenvalue weighted by molar-refractivity contribution is 6.00. The molecule has 0 atom stereocenters.